The number of likely N-dealkylation sites (tertiary alicyclic amines) is 1. The number of rotatable bonds is 0. The largest absolute Gasteiger partial charge is 0.504 e. The Hall–Kier alpha value is -2.61. The zero-order chi connectivity index (χ0) is 22.4. The molecular formula is C26H25FN2O4. The average molecular weight is 448 g/mol. The maximum absolute atomic E-state index is 14.7. The number of phenols is 1. The van der Waals surface area contributed by atoms with Crippen molar-refractivity contribution in [2.75, 3.05) is 13.6 Å². The first kappa shape index (κ1) is 18.8. The van der Waals surface area contributed by atoms with Crippen molar-refractivity contribution in [3.8, 4) is 11.5 Å². The Kier molecular flexibility index (Phi) is 3.15. The molecule has 4 heterocycles. The number of halogens is 1. The molecule has 2 aromatic carbocycles. The number of fused-ring (bicyclic) bond motifs is 4. The number of aromatic hydroxyl groups is 1. The second-order valence-electron chi connectivity index (χ2n) is 10.7. The molecule has 0 amide bonds. The monoisotopic (exact) mass is 448 g/mol. The average Bonchev–Trinajstić information content (AvgIpc) is 3.28. The number of piperidine rings is 1. The molecule has 1 aromatic heterocycles. The number of aliphatic hydroxyl groups excluding tert-OH is 1. The lowest BCUT2D eigenvalue weighted by Crippen LogP contribution is -2.74. The van der Waals surface area contributed by atoms with Crippen LogP contribution in [0.25, 0.3) is 10.9 Å². The van der Waals surface area contributed by atoms with Crippen LogP contribution in [0.4, 0.5) is 4.39 Å². The standard InChI is InChI=1S/C26H25FN2O4/c1-28-7-5-25-20-12-2-3-18(31)23(20)33-24(25)22-16(11-26(25,32)19(28)8-12)14-9-13(27)10-15-17(30)4-6-29(22)21(14)15/h2-3,9-10,17,19,24,30-32H,4-8,11H2,1H3/t17-,19+,24-,25-,26+/m0/s1. The summed E-state index contributed by atoms with van der Waals surface area (Å²) < 4.78 is 23.5. The van der Waals surface area contributed by atoms with Crippen molar-refractivity contribution >= 4 is 10.9 Å². The fraction of sp³-hybridized carbons (Fsp3) is 0.462. The van der Waals surface area contributed by atoms with Crippen molar-refractivity contribution in [3.63, 3.8) is 0 Å². The number of ether oxygens (including phenoxy) is 1. The number of benzene rings is 2. The maximum Gasteiger partial charge on any atom is 0.166 e. The third-order valence-corrected chi connectivity index (χ3v) is 9.46. The van der Waals surface area contributed by atoms with E-state index in [1.54, 1.807) is 12.1 Å². The number of aliphatic hydroxyl groups is 2. The summed E-state index contributed by atoms with van der Waals surface area (Å²) in [7, 11) is 2.06. The Morgan fingerprint density at radius 1 is 1.21 bits per heavy atom. The van der Waals surface area contributed by atoms with Crippen LogP contribution in [0.1, 0.15) is 53.0 Å². The number of aryl methyl sites for hydroxylation is 1. The molecule has 1 fully saturated rings. The van der Waals surface area contributed by atoms with Crippen LogP contribution in [-0.2, 0) is 24.8 Å². The van der Waals surface area contributed by atoms with Gasteiger partial charge in [0.1, 0.15) is 5.82 Å². The third-order valence-electron chi connectivity index (χ3n) is 9.46. The van der Waals surface area contributed by atoms with Crippen LogP contribution < -0.4 is 4.74 Å². The van der Waals surface area contributed by atoms with Gasteiger partial charge in [-0.15, -0.1) is 0 Å². The molecule has 1 spiro atoms. The van der Waals surface area contributed by atoms with E-state index in [1.807, 2.05) is 6.07 Å². The van der Waals surface area contributed by atoms with E-state index in [9.17, 15) is 19.7 Å². The van der Waals surface area contributed by atoms with E-state index in [1.165, 1.54) is 6.07 Å². The van der Waals surface area contributed by atoms with Crippen LogP contribution in [0.5, 0.6) is 11.5 Å². The van der Waals surface area contributed by atoms with Crippen molar-refractivity contribution in [1.82, 2.24) is 9.47 Å². The molecule has 0 radical (unpaired) electrons. The van der Waals surface area contributed by atoms with Gasteiger partial charge in [0.05, 0.1) is 28.3 Å². The first-order valence-corrected chi connectivity index (χ1v) is 11.8. The van der Waals surface area contributed by atoms with Gasteiger partial charge < -0.3 is 29.5 Å². The van der Waals surface area contributed by atoms with E-state index in [2.05, 4.69) is 16.5 Å². The van der Waals surface area contributed by atoms with Gasteiger partial charge in [-0.2, -0.15) is 0 Å². The van der Waals surface area contributed by atoms with Crippen LogP contribution in [0.15, 0.2) is 24.3 Å². The topological polar surface area (TPSA) is 78.1 Å². The summed E-state index contributed by atoms with van der Waals surface area (Å²) in [6.45, 7) is 1.44. The van der Waals surface area contributed by atoms with E-state index < -0.39 is 23.2 Å². The Labute approximate surface area is 189 Å². The highest BCUT2D eigenvalue weighted by Gasteiger charge is 2.72. The molecule has 8 rings (SSSR count). The van der Waals surface area contributed by atoms with E-state index in [0.29, 0.717) is 37.1 Å². The van der Waals surface area contributed by atoms with Crippen molar-refractivity contribution in [2.24, 2.45) is 0 Å². The smallest absolute Gasteiger partial charge is 0.166 e. The first-order chi connectivity index (χ1) is 15.8. The van der Waals surface area contributed by atoms with Crippen LogP contribution in [0.2, 0.25) is 0 Å². The summed E-state index contributed by atoms with van der Waals surface area (Å²) in [5.41, 5.74) is 3.67. The van der Waals surface area contributed by atoms with Gasteiger partial charge in [-0.25, -0.2) is 4.39 Å². The van der Waals surface area contributed by atoms with Crippen LogP contribution >= 0.6 is 0 Å². The summed E-state index contributed by atoms with van der Waals surface area (Å²) in [5, 5.41) is 34.8. The summed E-state index contributed by atoms with van der Waals surface area (Å²) in [6.07, 6.45) is 1.12. The molecule has 5 aliphatic rings. The molecule has 7 heteroatoms. The van der Waals surface area contributed by atoms with E-state index in [4.69, 9.17) is 4.74 Å². The number of aromatic nitrogens is 1. The Balaban J connectivity index is 1.52. The first-order valence-electron chi connectivity index (χ1n) is 11.8. The summed E-state index contributed by atoms with van der Waals surface area (Å²) >= 11 is 0. The second kappa shape index (κ2) is 5.54. The van der Waals surface area contributed by atoms with Gasteiger partial charge >= 0.3 is 0 Å². The van der Waals surface area contributed by atoms with Crippen molar-refractivity contribution in [2.45, 2.75) is 61.5 Å². The Morgan fingerprint density at radius 3 is 2.91 bits per heavy atom. The van der Waals surface area contributed by atoms with E-state index in [0.717, 1.165) is 46.3 Å². The number of nitrogens with zero attached hydrogens (tertiary/aromatic N) is 2. The van der Waals surface area contributed by atoms with Crippen LogP contribution in [-0.4, -0.2) is 50.0 Å². The lowest BCUT2D eigenvalue weighted by molar-refractivity contribution is -0.168. The highest BCUT2D eigenvalue weighted by atomic mass is 19.1. The minimum Gasteiger partial charge on any atom is -0.504 e. The molecule has 0 unspecified atom stereocenters. The van der Waals surface area contributed by atoms with Gasteiger partial charge in [0.15, 0.2) is 17.6 Å². The third kappa shape index (κ3) is 1.84. The van der Waals surface area contributed by atoms with Gasteiger partial charge in [-0.05, 0) is 62.2 Å². The number of hydrogen-bond acceptors (Lipinski definition) is 5. The SMILES string of the molecule is CN1CC[C@]23c4c5ccc(O)c4O[C@H]2c2c(c4cc(F)cc6c4n2CC[C@@H]6O)C[C@@]3(O)[C@H]1C5. The zero-order valence-corrected chi connectivity index (χ0v) is 18.3. The molecule has 5 atom stereocenters. The summed E-state index contributed by atoms with van der Waals surface area (Å²) in [5.74, 6) is 0.227. The van der Waals surface area contributed by atoms with Crippen LogP contribution in [0, 0.1) is 5.82 Å². The maximum atomic E-state index is 14.7. The minimum absolute atomic E-state index is 0.101. The summed E-state index contributed by atoms with van der Waals surface area (Å²) in [6, 6.07) is 6.56. The molecule has 3 N–H and O–H groups in total. The normalized spacial score (nSPS) is 35.3. The Morgan fingerprint density at radius 2 is 2.06 bits per heavy atom. The highest BCUT2D eigenvalue weighted by Crippen LogP contribution is 2.69. The lowest BCUT2D eigenvalue weighted by Gasteiger charge is -2.62. The Bertz CT molecular complexity index is 1420. The van der Waals surface area contributed by atoms with E-state index >= 15 is 0 Å². The van der Waals surface area contributed by atoms with Gasteiger partial charge in [-0.3, -0.25) is 0 Å². The van der Waals surface area contributed by atoms with Gasteiger partial charge in [0.25, 0.3) is 0 Å². The highest BCUT2D eigenvalue weighted by molar-refractivity contribution is 5.90. The second-order valence-corrected chi connectivity index (χ2v) is 10.7. The van der Waals surface area contributed by atoms with Crippen molar-refractivity contribution < 1.29 is 24.4 Å². The van der Waals surface area contributed by atoms with Crippen LogP contribution in [0.3, 0.4) is 0 Å². The molecule has 3 aliphatic heterocycles. The van der Waals surface area contributed by atoms with Gasteiger partial charge in [-0.1, -0.05) is 6.07 Å². The number of phenolic OH excluding ortho intramolecular Hbond substituents is 1. The van der Waals surface area contributed by atoms with Crippen molar-refractivity contribution in [1.29, 1.82) is 0 Å². The molecule has 6 nitrogen and oxygen atoms in total. The quantitative estimate of drug-likeness (QED) is 0.493. The molecule has 1 saturated heterocycles. The fourth-order valence-corrected chi connectivity index (χ4v) is 8.15. The molecule has 0 saturated carbocycles. The fourth-order valence-electron chi connectivity index (χ4n) is 8.15. The number of likely N-dealkylation sites (N-methyl/N-ethyl adjacent to an activating group) is 1. The predicted molar refractivity (Wildman–Crippen MR) is 118 cm³/mol. The zero-order valence-electron chi connectivity index (χ0n) is 18.3. The van der Waals surface area contributed by atoms with Gasteiger partial charge in [0.2, 0.25) is 0 Å². The molecular weight excluding hydrogens is 423 g/mol. The number of hydrogen-bond donors (Lipinski definition) is 3. The minimum atomic E-state index is -1.11. The molecule has 33 heavy (non-hydrogen) atoms. The lowest BCUT2D eigenvalue weighted by atomic mass is 9.49. The summed E-state index contributed by atoms with van der Waals surface area (Å²) in [4.78, 5) is 2.24. The molecule has 2 bridgehead atoms. The van der Waals surface area contributed by atoms with Crippen molar-refractivity contribution in [3.05, 3.63) is 58.0 Å². The molecule has 2 aliphatic carbocycles. The molecule has 170 valence electrons. The predicted octanol–water partition coefficient (Wildman–Crippen LogP) is 2.84. The van der Waals surface area contributed by atoms with E-state index in [-0.39, 0.29) is 17.6 Å². The molecule has 3 aromatic rings. The van der Waals surface area contributed by atoms with Gasteiger partial charge in [0, 0.05) is 35.5 Å².